The van der Waals surface area contributed by atoms with Gasteiger partial charge in [-0.05, 0) is 43.0 Å². The summed E-state index contributed by atoms with van der Waals surface area (Å²) in [6.07, 6.45) is 2.21. The maximum absolute atomic E-state index is 13.8. The molecule has 0 saturated heterocycles. The smallest absolute Gasteiger partial charge is 0.269 e. The van der Waals surface area contributed by atoms with Gasteiger partial charge in [0.05, 0.1) is 5.56 Å². The lowest BCUT2D eigenvalue weighted by Crippen LogP contribution is -2.50. The van der Waals surface area contributed by atoms with E-state index in [0.29, 0.717) is 13.0 Å². The third-order valence-electron chi connectivity index (χ3n) is 7.24. The molecule has 0 saturated carbocycles. The van der Waals surface area contributed by atoms with E-state index < -0.39 is 22.0 Å². The maximum Gasteiger partial charge on any atom is 0.269 e. The fourth-order valence-corrected chi connectivity index (χ4v) is 6.53. The lowest BCUT2D eigenvalue weighted by molar-refractivity contribution is -0.141. The molecule has 3 aromatic carbocycles. The molecule has 0 radical (unpaired) electrons. The second-order valence-electron chi connectivity index (χ2n) is 10.3. The monoisotopic (exact) mass is 575 g/mol. The Hall–Kier alpha value is -3.98. The van der Waals surface area contributed by atoms with Crippen molar-refractivity contribution < 1.29 is 22.8 Å². The van der Waals surface area contributed by atoms with Crippen LogP contribution in [0.5, 0.6) is 0 Å². The molecular formula is C32H37N3O5S. The first-order valence-corrected chi connectivity index (χ1v) is 15.5. The van der Waals surface area contributed by atoms with Crippen LogP contribution in [0.15, 0.2) is 83.8 Å². The van der Waals surface area contributed by atoms with Crippen LogP contribution in [0, 0.1) is 6.92 Å². The molecule has 1 N–H and O–H groups in total. The number of carbonyl (C=O) groups is 3. The molecule has 41 heavy (non-hydrogen) atoms. The van der Waals surface area contributed by atoms with E-state index in [9.17, 15) is 22.8 Å². The lowest BCUT2D eigenvalue weighted by atomic mass is 10.0. The number of nitrogens with one attached hydrogen (secondary N) is 1. The molecule has 216 valence electrons. The number of hydrogen-bond acceptors (Lipinski definition) is 5. The number of benzene rings is 3. The predicted molar refractivity (Wildman–Crippen MR) is 157 cm³/mol. The first-order valence-electron chi connectivity index (χ1n) is 14.0. The van der Waals surface area contributed by atoms with Crippen molar-refractivity contribution in [3.05, 3.63) is 101 Å². The Balaban J connectivity index is 1.55. The van der Waals surface area contributed by atoms with Gasteiger partial charge in [0.2, 0.25) is 11.8 Å². The zero-order valence-corrected chi connectivity index (χ0v) is 24.4. The van der Waals surface area contributed by atoms with Crippen molar-refractivity contribution in [2.24, 2.45) is 0 Å². The summed E-state index contributed by atoms with van der Waals surface area (Å²) in [5.41, 5.74) is 3.04. The van der Waals surface area contributed by atoms with E-state index in [1.165, 1.54) is 12.1 Å². The SMILES string of the molecule is CCCCNC(=O)C(Cc1ccccc1)N(Cc1ccc(C)cc1)C(=O)CCCN1C(=O)c2ccccc2S1(=O)=O. The summed E-state index contributed by atoms with van der Waals surface area (Å²) in [5.74, 6) is -1.09. The molecule has 1 aliphatic heterocycles. The Bertz CT molecular complexity index is 1470. The number of nitrogens with zero attached hydrogens (tertiary/aromatic N) is 2. The summed E-state index contributed by atoms with van der Waals surface area (Å²) in [5, 5.41) is 3.00. The van der Waals surface area contributed by atoms with Gasteiger partial charge < -0.3 is 10.2 Å². The maximum atomic E-state index is 13.8. The predicted octanol–water partition coefficient (Wildman–Crippen LogP) is 4.48. The fourth-order valence-electron chi connectivity index (χ4n) is 4.92. The van der Waals surface area contributed by atoms with Crippen molar-refractivity contribution >= 4 is 27.7 Å². The molecule has 0 aliphatic carbocycles. The fraction of sp³-hybridized carbons (Fsp3) is 0.344. The van der Waals surface area contributed by atoms with E-state index in [0.717, 1.165) is 33.8 Å². The molecule has 3 amide bonds. The van der Waals surface area contributed by atoms with Gasteiger partial charge in [-0.25, -0.2) is 12.7 Å². The van der Waals surface area contributed by atoms with Gasteiger partial charge in [-0.1, -0.05) is 85.6 Å². The highest BCUT2D eigenvalue weighted by Crippen LogP contribution is 2.30. The number of aryl methyl sites for hydroxylation is 1. The minimum atomic E-state index is -3.95. The Morgan fingerprint density at radius 2 is 1.59 bits per heavy atom. The highest BCUT2D eigenvalue weighted by molar-refractivity contribution is 7.90. The van der Waals surface area contributed by atoms with E-state index in [1.807, 2.05) is 68.4 Å². The van der Waals surface area contributed by atoms with Crippen molar-refractivity contribution in [1.82, 2.24) is 14.5 Å². The van der Waals surface area contributed by atoms with E-state index in [-0.39, 0.29) is 48.2 Å². The number of unbranched alkanes of at least 4 members (excludes halogenated alkanes) is 1. The van der Waals surface area contributed by atoms with Crippen molar-refractivity contribution in [2.75, 3.05) is 13.1 Å². The molecule has 0 aromatic heterocycles. The van der Waals surface area contributed by atoms with Crippen molar-refractivity contribution in [3.63, 3.8) is 0 Å². The van der Waals surface area contributed by atoms with Gasteiger partial charge in [-0.2, -0.15) is 0 Å². The van der Waals surface area contributed by atoms with Gasteiger partial charge in [0, 0.05) is 32.5 Å². The molecule has 1 atom stereocenters. The minimum Gasteiger partial charge on any atom is -0.354 e. The van der Waals surface area contributed by atoms with Gasteiger partial charge >= 0.3 is 0 Å². The van der Waals surface area contributed by atoms with Gasteiger partial charge in [0.25, 0.3) is 15.9 Å². The topological polar surface area (TPSA) is 104 Å². The van der Waals surface area contributed by atoms with Crippen LogP contribution in [0.3, 0.4) is 0 Å². The van der Waals surface area contributed by atoms with Crippen LogP contribution in [-0.4, -0.2) is 54.5 Å². The van der Waals surface area contributed by atoms with E-state index in [2.05, 4.69) is 5.32 Å². The van der Waals surface area contributed by atoms with Crippen LogP contribution < -0.4 is 5.32 Å². The first kappa shape index (κ1) is 30.0. The van der Waals surface area contributed by atoms with E-state index in [1.54, 1.807) is 17.0 Å². The van der Waals surface area contributed by atoms with Crippen molar-refractivity contribution in [1.29, 1.82) is 0 Å². The highest BCUT2D eigenvalue weighted by Gasteiger charge is 2.40. The summed E-state index contributed by atoms with van der Waals surface area (Å²) < 4.78 is 26.8. The Kier molecular flexibility index (Phi) is 9.94. The normalized spacial score (nSPS) is 14.4. The summed E-state index contributed by atoms with van der Waals surface area (Å²) in [6, 6.07) is 22.7. The molecule has 4 rings (SSSR count). The van der Waals surface area contributed by atoms with Crippen molar-refractivity contribution in [2.45, 2.75) is 63.4 Å². The zero-order valence-electron chi connectivity index (χ0n) is 23.6. The molecule has 9 heteroatoms. The molecule has 3 aromatic rings. The highest BCUT2D eigenvalue weighted by atomic mass is 32.2. The number of rotatable bonds is 13. The van der Waals surface area contributed by atoms with Gasteiger partial charge in [0.15, 0.2) is 0 Å². The van der Waals surface area contributed by atoms with Gasteiger partial charge in [0.1, 0.15) is 10.9 Å². The number of fused-ring (bicyclic) bond motifs is 1. The molecule has 1 unspecified atom stereocenters. The zero-order chi connectivity index (χ0) is 29.4. The number of carbonyl (C=O) groups excluding carboxylic acids is 3. The minimum absolute atomic E-state index is 0.0102. The standard InChI is InChI=1S/C32H37N3O5S/c1-3-4-20-33-31(37)28(22-25-11-6-5-7-12-25)34(23-26-18-16-24(2)17-19-26)30(36)15-10-21-35-32(38)27-13-8-9-14-29(27)41(35,39)40/h5-9,11-14,16-19,28H,3-4,10,15,20-23H2,1-2H3,(H,33,37). The molecule has 1 heterocycles. The summed E-state index contributed by atoms with van der Waals surface area (Å²) >= 11 is 0. The molecule has 0 bridgehead atoms. The largest absolute Gasteiger partial charge is 0.354 e. The third kappa shape index (κ3) is 7.21. The molecular weight excluding hydrogens is 538 g/mol. The number of hydrogen-bond donors (Lipinski definition) is 1. The quantitative estimate of drug-likeness (QED) is 0.303. The Labute approximate surface area is 242 Å². The van der Waals surface area contributed by atoms with Crippen LogP contribution in [0.4, 0.5) is 0 Å². The van der Waals surface area contributed by atoms with Crippen LogP contribution in [-0.2, 0) is 32.6 Å². The molecule has 1 aliphatic rings. The van der Waals surface area contributed by atoms with Gasteiger partial charge in [-0.3, -0.25) is 14.4 Å². The summed E-state index contributed by atoms with van der Waals surface area (Å²) in [4.78, 5) is 41.7. The van der Waals surface area contributed by atoms with E-state index in [4.69, 9.17) is 0 Å². The molecule has 0 spiro atoms. The van der Waals surface area contributed by atoms with Crippen molar-refractivity contribution in [3.8, 4) is 0 Å². The summed E-state index contributed by atoms with van der Waals surface area (Å²) in [6.45, 7) is 4.65. The van der Waals surface area contributed by atoms with Crippen LogP contribution in [0.25, 0.3) is 0 Å². The molecule has 8 nitrogen and oxygen atoms in total. The Morgan fingerprint density at radius 3 is 2.27 bits per heavy atom. The van der Waals surface area contributed by atoms with Crippen LogP contribution >= 0.6 is 0 Å². The lowest BCUT2D eigenvalue weighted by Gasteiger charge is -2.32. The molecule has 0 fully saturated rings. The average Bonchev–Trinajstić information content (AvgIpc) is 3.17. The van der Waals surface area contributed by atoms with E-state index >= 15 is 0 Å². The summed E-state index contributed by atoms with van der Waals surface area (Å²) in [7, 11) is -3.95. The second-order valence-corrected chi connectivity index (χ2v) is 12.2. The first-order chi connectivity index (χ1) is 19.7. The average molecular weight is 576 g/mol. The van der Waals surface area contributed by atoms with Crippen LogP contribution in [0.1, 0.15) is 59.7 Å². The van der Waals surface area contributed by atoms with Crippen LogP contribution in [0.2, 0.25) is 0 Å². The third-order valence-corrected chi connectivity index (χ3v) is 9.08. The number of amides is 3. The second kappa shape index (κ2) is 13.6. The Morgan fingerprint density at radius 1 is 0.902 bits per heavy atom. The van der Waals surface area contributed by atoms with Gasteiger partial charge in [-0.15, -0.1) is 0 Å². The number of sulfonamides is 1.